The fraction of sp³-hybridized carbons (Fsp3) is 0.300. The molecule has 7 nitrogen and oxygen atoms in total. The van der Waals surface area contributed by atoms with Gasteiger partial charge in [0, 0.05) is 10.6 Å². The lowest BCUT2D eigenvalue weighted by atomic mass is 10.1. The highest BCUT2D eigenvalue weighted by Crippen LogP contribution is 2.30. The molecule has 154 valence electrons. The van der Waals surface area contributed by atoms with E-state index >= 15 is 0 Å². The highest BCUT2D eigenvalue weighted by molar-refractivity contribution is 7.98. The summed E-state index contributed by atoms with van der Waals surface area (Å²) in [6.07, 6.45) is 0.883. The lowest BCUT2D eigenvalue weighted by Crippen LogP contribution is -2.36. The highest BCUT2D eigenvalue weighted by Gasteiger charge is 2.23. The molecule has 2 N–H and O–H groups in total. The van der Waals surface area contributed by atoms with Crippen LogP contribution in [0.15, 0.2) is 46.2 Å². The quantitative estimate of drug-likeness (QED) is 0.666. The molecule has 29 heavy (non-hydrogen) atoms. The molecule has 0 aliphatic heterocycles. The van der Waals surface area contributed by atoms with Crippen molar-refractivity contribution in [3.05, 3.63) is 47.5 Å². The predicted octanol–water partition coefficient (Wildman–Crippen LogP) is 4.55. The smallest absolute Gasteiger partial charge is 0.421 e. The van der Waals surface area contributed by atoms with E-state index in [2.05, 4.69) is 11.4 Å². The Labute approximate surface area is 175 Å². The van der Waals surface area contributed by atoms with Gasteiger partial charge in [-0.25, -0.2) is 17.9 Å². The summed E-state index contributed by atoms with van der Waals surface area (Å²) in [5.74, 6) is 0. The van der Waals surface area contributed by atoms with Gasteiger partial charge in [0.2, 0.25) is 0 Å². The van der Waals surface area contributed by atoms with E-state index in [1.165, 1.54) is 12.1 Å². The lowest BCUT2D eigenvalue weighted by molar-refractivity contribution is 0.0570. The van der Waals surface area contributed by atoms with Crippen LogP contribution in [0.1, 0.15) is 31.9 Å². The number of carbonyl (C=O) groups excluding carboxylic acids is 1. The summed E-state index contributed by atoms with van der Waals surface area (Å²) in [6, 6.07) is 11.8. The number of rotatable bonds is 5. The third kappa shape index (κ3) is 5.89. The Balaban J connectivity index is 2.30. The number of hydrogen-bond acceptors (Lipinski definition) is 7. The number of benzene rings is 2. The monoisotopic (exact) mass is 433 g/mol. The lowest BCUT2D eigenvalue weighted by Gasteiger charge is -2.19. The van der Waals surface area contributed by atoms with Crippen LogP contribution < -0.4 is 10.0 Å². The van der Waals surface area contributed by atoms with Crippen LogP contribution in [0.4, 0.5) is 16.2 Å². The molecular formula is C20H23N3O4S2. The van der Waals surface area contributed by atoms with Crippen molar-refractivity contribution in [2.75, 3.05) is 11.6 Å². The summed E-state index contributed by atoms with van der Waals surface area (Å²) in [6.45, 7) is 6.78. The van der Waals surface area contributed by atoms with Gasteiger partial charge in [0.25, 0.3) is 10.0 Å². The zero-order valence-electron chi connectivity index (χ0n) is 16.9. The summed E-state index contributed by atoms with van der Waals surface area (Å²) in [5, 5.41) is 12.6. The van der Waals surface area contributed by atoms with Gasteiger partial charge in [-0.15, -0.1) is 11.8 Å². The number of amides is 1. The molecule has 1 amide bonds. The van der Waals surface area contributed by atoms with E-state index in [-0.39, 0.29) is 4.90 Å². The van der Waals surface area contributed by atoms with Crippen LogP contribution in [0.5, 0.6) is 0 Å². The first kappa shape index (κ1) is 22.6. The van der Waals surface area contributed by atoms with Gasteiger partial charge in [-0.05, 0) is 69.8 Å². The zero-order chi connectivity index (χ0) is 21.8. The Hall–Kier alpha value is -2.70. The average molecular weight is 434 g/mol. The molecule has 0 spiro atoms. The number of ether oxygens (including phenoxy) is 1. The fourth-order valence-electron chi connectivity index (χ4n) is 2.53. The Bertz CT molecular complexity index is 1070. The van der Waals surface area contributed by atoms with Crippen molar-refractivity contribution in [1.29, 1.82) is 5.26 Å². The first-order valence-electron chi connectivity index (χ1n) is 8.67. The van der Waals surface area contributed by atoms with Gasteiger partial charge < -0.3 is 10.1 Å². The summed E-state index contributed by atoms with van der Waals surface area (Å²) in [4.78, 5) is 12.7. The summed E-state index contributed by atoms with van der Waals surface area (Å²) in [5.41, 5.74) is 1.54. The molecular weight excluding hydrogens is 410 g/mol. The first-order chi connectivity index (χ1) is 13.5. The van der Waals surface area contributed by atoms with Crippen LogP contribution in [-0.4, -0.2) is 26.4 Å². The van der Waals surface area contributed by atoms with Gasteiger partial charge in [0.15, 0.2) is 0 Å². The van der Waals surface area contributed by atoms with Gasteiger partial charge in [-0.3, -0.25) is 0 Å². The van der Waals surface area contributed by atoms with E-state index < -0.39 is 21.7 Å². The molecule has 0 heterocycles. The van der Waals surface area contributed by atoms with E-state index in [0.29, 0.717) is 16.9 Å². The largest absolute Gasteiger partial charge is 0.443 e. The van der Waals surface area contributed by atoms with Crippen LogP contribution in [0.25, 0.3) is 0 Å². The number of nitriles is 1. The molecule has 2 aromatic rings. The first-order valence-corrected chi connectivity index (χ1v) is 11.4. The molecule has 2 aromatic carbocycles. The maximum absolute atomic E-state index is 12.5. The van der Waals surface area contributed by atoms with E-state index in [1.54, 1.807) is 50.7 Å². The molecule has 9 heteroatoms. The summed E-state index contributed by atoms with van der Waals surface area (Å²) in [7, 11) is -4.11. The van der Waals surface area contributed by atoms with Crippen molar-refractivity contribution in [3.63, 3.8) is 0 Å². The van der Waals surface area contributed by atoms with Gasteiger partial charge in [0.1, 0.15) is 11.7 Å². The topological polar surface area (TPSA) is 108 Å². The molecule has 0 unspecified atom stereocenters. The van der Waals surface area contributed by atoms with Crippen LogP contribution in [0.2, 0.25) is 0 Å². The maximum atomic E-state index is 12.5. The SMILES string of the molecule is CSc1ccc(Nc2cccc(S(=O)(=O)NC(=O)OC(C)(C)C)c2)c(C#N)c1C. The Morgan fingerprint density at radius 3 is 2.48 bits per heavy atom. The molecule has 0 aromatic heterocycles. The van der Waals surface area contributed by atoms with E-state index in [0.717, 1.165) is 10.5 Å². The minimum Gasteiger partial charge on any atom is -0.443 e. The molecule has 0 saturated carbocycles. The van der Waals surface area contributed by atoms with Gasteiger partial charge >= 0.3 is 6.09 Å². The number of sulfonamides is 1. The van der Waals surface area contributed by atoms with Crippen molar-refractivity contribution in [3.8, 4) is 6.07 Å². The minimum atomic E-state index is -4.11. The normalized spacial score (nSPS) is 11.4. The molecule has 2 rings (SSSR count). The molecule has 0 fully saturated rings. The zero-order valence-corrected chi connectivity index (χ0v) is 18.5. The third-order valence-corrected chi connectivity index (χ3v) is 5.98. The molecule has 0 bridgehead atoms. The Morgan fingerprint density at radius 1 is 1.21 bits per heavy atom. The number of anilines is 2. The van der Waals surface area contributed by atoms with Crippen molar-refractivity contribution in [2.24, 2.45) is 0 Å². The Kier molecular flexibility index (Phi) is 6.82. The van der Waals surface area contributed by atoms with Gasteiger partial charge in [-0.2, -0.15) is 5.26 Å². The summed E-state index contributed by atoms with van der Waals surface area (Å²) >= 11 is 1.54. The molecule has 0 radical (unpaired) electrons. The number of nitrogens with zero attached hydrogens (tertiary/aromatic N) is 1. The van der Waals surface area contributed by atoms with Crippen LogP contribution in [0, 0.1) is 18.3 Å². The van der Waals surface area contributed by atoms with Crippen LogP contribution in [0.3, 0.4) is 0 Å². The molecule has 0 aliphatic carbocycles. The molecule has 0 saturated heterocycles. The van der Waals surface area contributed by atoms with Crippen LogP contribution in [-0.2, 0) is 14.8 Å². The molecule has 0 atom stereocenters. The Morgan fingerprint density at radius 2 is 1.90 bits per heavy atom. The van der Waals surface area contributed by atoms with Crippen molar-refractivity contribution in [1.82, 2.24) is 4.72 Å². The minimum absolute atomic E-state index is 0.107. The second kappa shape index (κ2) is 8.76. The van der Waals surface area contributed by atoms with Gasteiger partial charge in [-0.1, -0.05) is 6.07 Å². The summed E-state index contributed by atoms with van der Waals surface area (Å²) < 4.78 is 31.9. The fourth-order valence-corrected chi connectivity index (χ4v) is 4.06. The van der Waals surface area contributed by atoms with Crippen molar-refractivity contribution >= 4 is 39.3 Å². The highest BCUT2D eigenvalue weighted by atomic mass is 32.2. The number of nitrogens with one attached hydrogen (secondary N) is 2. The van der Waals surface area contributed by atoms with E-state index in [9.17, 15) is 18.5 Å². The van der Waals surface area contributed by atoms with Crippen LogP contribution >= 0.6 is 11.8 Å². The molecule has 0 aliphatic rings. The number of hydrogen-bond donors (Lipinski definition) is 2. The second-order valence-electron chi connectivity index (χ2n) is 7.19. The maximum Gasteiger partial charge on any atom is 0.421 e. The van der Waals surface area contributed by atoms with E-state index in [4.69, 9.17) is 4.74 Å². The second-order valence-corrected chi connectivity index (χ2v) is 9.72. The standard InChI is InChI=1S/C20H23N3O4S2/c1-13-16(12-21)17(9-10-18(13)28-5)22-14-7-6-8-15(11-14)29(25,26)23-19(24)27-20(2,3)4/h6-11,22H,1-5H3,(H,23,24). The predicted molar refractivity (Wildman–Crippen MR) is 114 cm³/mol. The van der Waals surface area contributed by atoms with E-state index in [1.807, 2.05) is 24.0 Å². The van der Waals surface area contributed by atoms with Crippen molar-refractivity contribution in [2.45, 2.75) is 43.1 Å². The number of thioether (sulfide) groups is 1. The number of carbonyl (C=O) groups is 1. The third-order valence-electron chi connectivity index (χ3n) is 3.79. The van der Waals surface area contributed by atoms with Gasteiger partial charge in [0.05, 0.1) is 16.1 Å². The average Bonchev–Trinajstić information content (AvgIpc) is 2.60. The van der Waals surface area contributed by atoms with Crippen molar-refractivity contribution < 1.29 is 17.9 Å².